The first-order valence-electron chi connectivity index (χ1n) is 17.3. The molecule has 0 spiro atoms. The fraction of sp³-hybridized carbons (Fsp3) is 0.429. The van der Waals surface area contributed by atoms with Gasteiger partial charge in [0.2, 0.25) is 0 Å². The number of Topliss-reactive ketones (excluding diaryl/α,β-unsaturated/α-hetero) is 2. The molecule has 1 heterocycles. The van der Waals surface area contributed by atoms with E-state index in [2.05, 4.69) is 118 Å². The van der Waals surface area contributed by atoms with Crippen molar-refractivity contribution in [2.75, 3.05) is 13.2 Å². The smallest absolute Gasteiger partial charge is 0.174 e. The molecule has 0 amide bonds. The number of hydrogen-bond acceptors (Lipinski definition) is 5. The zero-order valence-electron chi connectivity index (χ0n) is 29.5. The van der Waals surface area contributed by atoms with Crippen molar-refractivity contribution in [2.24, 2.45) is 10.8 Å². The summed E-state index contributed by atoms with van der Waals surface area (Å²) < 4.78 is 13.6. The molecule has 0 saturated heterocycles. The number of halogens is 1. The van der Waals surface area contributed by atoms with Gasteiger partial charge < -0.3 is 14.4 Å². The molecule has 0 atom stereocenters. The second kappa shape index (κ2) is 13.5. The number of ketones is 2. The van der Waals surface area contributed by atoms with Crippen molar-refractivity contribution in [1.82, 2.24) is 4.90 Å². The molecular weight excluding hydrogens is 709 g/mol. The largest absolute Gasteiger partial charge is 0.490 e. The van der Waals surface area contributed by atoms with E-state index in [0.717, 1.165) is 63.0 Å². The molecule has 0 unspecified atom stereocenters. The molecular formula is C42H48INO4. The number of ether oxygens (including phenoxy) is 2. The second-order valence-corrected chi connectivity index (χ2v) is 16.6. The summed E-state index contributed by atoms with van der Waals surface area (Å²) in [6, 6.07) is 21.1. The first-order chi connectivity index (χ1) is 22.7. The van der Waals surface area contributed by atoms with Crippen molar-refractivity contribution in [2.45, 2.75) is 93.1 Å². The van der Waals surface area contributed by atoms with Crippen molar-refractivity contribution in [3.8, 4) is 11.5 Å². The van der Waals surface area contributed by atoms with Crippen LogP contribution in [0.2, 0.25) is 0 Å². The van der Waals surface area contributed by atoms with Crippen LogP contribution in [0.5, 0.6) is 11.5 Å². The summed E-state index contributed by atoms with van der Waals surface area (Å²) in [6.45, 7) is 16.6. The monoisotopic (exact) mass is 757 g/mol. The average Bonchev–Trinajstić information content (AvgIpc) is 2.98. The highest BCUT2D eigenvalue weighted by atomic mass is 127. The Morgan fingerprint density at radius 3 is 1.92 bits per heavy atom. The first kappa shape index (κ1) is 34.5. The predicted octanol–water partition coefficient (Wildman–Crippen LogP) is 9.81. The number of allylic oxidation sites excluding steroid dienone is 4. The molecule has 0 N–H and O–H groups in total. The second-order valence-electron chi connectivity index (χ2n) is 15.5. The summed E-state index contributed by atoms with van der Waals surface area (Å²) in [5.41, 5.74) is 9.09. The van der Waals surface area contributed by atoms with Crippen molar-refractivity contribution in [3.63, 3.8) is 0 Å². The predicted molar refractivity (Wildman–Crippen MR) is 200 cm³/mol. The molecule has 0 saturated carbocycles. The van der Waals surface area contributed by atoms with Crippen LogP contribution in [0, 0.1) is 28.2 Å². The minimum Gasteiger partial charge on any atom is -0.490 e. The third kappa shape index (κ3) is 7.15. The molecule has 2 aliphatic carbocycles. The van der Waals surface area contributed by atoms with E-state index in [0.29, 0.717) is 37.6 Å². The van der Waals surface area contributed by atoms with Crippen LogP contribution in [-0.2, 0) is 22.6 Å². The molecule has 6 heteroatoms. The molecule has 0 aromatic heterocycles. The van der Waals surface area contributed by atoms with Crippen LogP contribution in [0.3, 0.4) is 0 Å². The highest BCUT2D eigenvalue weighted by Gasteiger charge is 2.49. The van der Waals surface area contributed by atoms with Gasteiger partial charge in [-0.25, -0.2) is 0 Å². The molecule has 0 fully saturated rings. The Labute approximate surface area is 299 Å². The zero-order valence-corrected chi connectivity index (χ0v) is 31.6. The van der Waals surface area contributed by atoms with Gasteiger partial charge in [-0.05, 0) is 102 Å². The Balaban J connectivity index is 1.48. The fourth-order valence-corrected chi connectivity index (χ4v) is 8.78. The summed E-state index contributed by atoms with van der Waals surface area (Å²) >= 11 is 2.33. The van der Waals surface area contributed by atoms with Gasteiger partial charge >= 0.3 is 0 Å². The van der Waals surface area contributed by atoms with Gasteiger partial charge in [0, 0.05) is 47.8 Å². The Bertz CT molecular complexity index is 1740. The van der Waals surface area contributed by atoms with Crippen LogP contribution in [0.25, 0.3) is 0 Å². The maximum atomic E-state index is 14.4. The highest BCUT2D eigenvalue weighted by molar-refractivity contribution is 14.1. The number of aryl methyl sites for hydroxylation is 2. The molecule has 3 aliphatic rings. The van der Waals surface area contributed by atoms with Gasteiger partial charge in [-0.1, -0.05) is 87.4 Å². The molecule has 1 aliphatic heterocycles. The van der Waals surface area contributed by atoms with E-state index >= 15 is 0 Å². The summed E-state index contributed by atoms with van der Waals surface area (Å²) in [5, 5.41) is 0. The van der Waals surface area contributed by atoms with E-state index in [1.165, 1.54) is 16.7 Å². The standard InChI is InChI=1S/C42H48INO4/c1-8-47-36-20-30(19-31(43)40(36)48-25-29-17-26(2)16-27(3)18-29)37-38-32(21-41(4,5)23-34(38)45)44(15-14-28-12-10-9-11-13-28)33-22-42(6,7)24-35(46)39(33)37/h9-13,16-20,37H,8,14-15,21-25H2,1-7H3. The van der Waals surface area contributed by atoms with Crippen LogP contribution in [-0.4, -0.2) is 29.6 Å². The lowest BCUT2D eigenvalue weighted by atomic mass is 9.63. The Morgan fingerprint density at radius 2 is 1.35 bits per heavy atom. The Morgan fingerprint density at radius 1 is 0.771 bits per heavy atom. The average molecular weight is 758 g/mol. The van der Waals surface area contributed by atoms with Gasteiger partial charge in [-0.2, -0.15) is 0 Å². The minimum atomic E-state index is -0.434. The van der Waals surface area contributed by atoms with Crippen molar-refractivity contribution in [1.29, 1.82) is 0 Å². The number of carbonyl (C=O) groups excluding carboxylic acids is 2. The number of nitrogens with zero attached hydrogens (tertiary/aromatic N) is 1. The maximum absolute atomic E-state index is 14.4. The SMILES string of the molecule is CCOc1cc(C2C3=C(CC(C)(C)CC3=O)N(CCc3ccccc3)C3=C2C(=O)CC(C)(C)C3)cc(I)c1OCc1cc(C)cc(C)c1. The first-order valence-corrected chi connectivity index (χ1v) is 18.3. The van der Waals surface area contributed by atoms with Crippen molar-refractivity contribution >= 4 is 34.2 Å². The van der Waals surface area contributed by atoms with E-state index in [1.807, 2.05) is 19.1 Å². The third-order valence-corrected chi connectivity index (χ3v) is 10.6. The maximum Gasteiger partial charge on any atom is 0.174 e. The number of hydrogen-bond donors (Lipinski definition) is 0. The molecule has 5 nitrogen and oxygen atoms in total. The molecule has 0 bridgehead atoms. The number of carbonyl (C=O) groups is 2. The van der Waals surface area contributed by atoms with Gasteiger partial charge in [0.25, 0.3) is 0 Å². The summed E-state index contributed by atoms with van der Waals surface area (Å²) in [6.07, 6.45) is 3.34. The van der Waals surface area contributed by atoms with E-state index in [-0.39, 0.29) is 22.4 Å². The molecule has 6 rings (SSSR count). The quantitative estimate of drug-likeness (QED) is 0.204. The molecule has 252 valence electrons. The van der Waals surface area contributed by atoms with Gasteiger partial charge in [-0.3, -0.25) is 9.59 Å². The lowest BCUT2D eigenvalue weighted by molar-refractivity contribution is -0.119. The summed E-state index contributed by atoms with van der Waals surface area (Å²) in [4.78, 5) is 31.1. The van der Waals surface area contributed by atoms with Crippen LogP contribution in [0.15, 0.2) is 83.2 Å². The third-order valence-electron chi connectivity index (χ3n) is 9.82. The Kier molecular flexibility index (Phi) is 9.69. The zero-order chi connectivity index (χ0) is 34.4. The number of benzene rings is 3. The van der Waals surface area contributed by atoms with E-state index in [4.69, 9.17) is 9.47 Å². The van der Waals surface area contributed by atoms with Crippen molar-refractivity contribution in [3.05, 3.63) is 115 Å². The molecule has 3 aromatic rings. The molecule has 0 radical (unpaired) electrons. The van der Waals surface area contributed by atoms with Crippen LogP contribution < -0.4 is 9.47 Å². The molecule has 3 aromatic carbocycles. The minimum absolute atomic E-state index is 0.142. The van der Waals surface area contributed by atoms with Gasteiger partial charge in [0.1, 0.15) is 6.61 Å². The fourth-order valence-electron chi connectivity index (χ4n) is 8.00. The van der Waals surface area contributed by atoms with Crippen LogP contribution in [0.4, 0.5) is 0 Å². The van der Waals surface area contributed by atoms with Crippen molar-refractivity contribution < 1.29 is 19.1 Å². The topological polar surface area (TPSA) is 55.8 Å². The highest BCUT2D eigenvalue weighted by Crippen LogP contribution is 2.55. The molecule has 48 heavy (non-hydrogen) atoms. The number of rotatable bonds is 9. The normalized spacial score (nSPS) is 19.0. The Hall–Kier alpha value is -3.39. The van der Waals surface area contributed by atoms with Gasteiger partial charge in [0.15, 0.2) is 23.1 Å². The van der Waals surface area contributed by atoms with Gasteiger partial charge in [-0.15, -0.1) is 0 Å². The lowest BCUT2D eigenvalue weighted by Crippen LogP contribution is -2.45. The van der Waals surface area contributed by atoms with E-state index in [9.17, 15) is 9.59 Å². The van der Waals surface area contributed by atoms with Gasteiger partial charge in [0.05, 0.1) is 10.2 Å². The lowest BCUT2D eigenvalue weighted by Gasteiger charge is -2.49. The van der Waals surface area contributed by atoms with Crippen LogP contribution >= 0.6 is 22.6 Å². The summed E-state index contributed by atoms with van der Waals surface area (Å²) in [5.74, 6) is 1.19. The van der Waals surface area contributed by atoms with Crippen LogP contribution in [0.1, 0.15) is 94.0 Å². The summed E-state index contributed by atoms with van der Waals surface area (Å²) in [7, 11) is 0. The van der Waals surface area contributed by atoms with E-state index < -0.39 is 5.92 Å². The van der Waals surface area contributed by atoms with E-state index in [1.54, 1.807) is 0 Å².